The van der Waals surface area contributed by atoms with Gasteiger partial charge >= 0.3 is 5.97 Å². The van der Waals surface area contributed by atoms with E-state index in [2.05, 4.69) is 0 Å². The Bertz CT molecular complexity index is 304. The molecule has 0 aromatic carbocycles. The summed E-state index contributed by atoms with van der Waals surface area (Å²) in [4.78, 5) is 11.4. The second-order valence-electron chi connectivity index (χ2n) is 3.37. The van der Waals surface area contributed by atoms with E-state index in [1.807, 2.05) is 37.7 Å². The third-order valence-corrected chi connectivity index (χ3v) is 1.83. The van der Waals surface area contributed by atoms with Gasteiger partial charge in [0.15, 0.2) is 12.4 Å². The lowest BCUT2D eigenvalue weighted by Gasteiger charge is -2.06. The van der Waals surface area contributed by atoms with Crippen LogP contribution in [0.1, 0.15) is 31.1 Å². The number of aromatic nitrogens is 1. The summed E-state index contributed by atoms with van der Waals surface area (Å²) in [5.41, 5.74) is 0.600. The second-order valence-corrected chi connectivity index (χ2v) is 3.37. The van der Waals surface area contributed by atoms with Gasteiger partial charge in [0, 0.05) is 12.1 Å². The second kappa shape index (κ2) is 4.74. The Morgan fingerprint density at radius 1 is 1.43 bits per heavy atom. The molecular weight excluding hydrogens is 178 g/mol. The molecule has 0 fully saturated rings. The zero-order valence-corrected chi connectivity index (χ0v) is 8.86. The lowest BCUT2D eigenvalue weighted by molar-refractivity contribution is -0.693. The van der Waals surface area contributed by atoms with Crippen LogP contribution in [0.5, 0.6) is 0 Å². The summed E-state index contributed by atoms with van der Waals surface area (Å²) in [7, 11) is 0. The van der Waals surface area contributed by atoms with Crippen molar-refractivity contribution in [1.82, 2.24) is 0 Å². The van der Waals surface area contributed by atoms with Gasteiger partial charge in [-0.05, 0) is 20.8 Å². The summed E-state index contributed by atoms with van der Waals surface area (Å²) in [5.74, 6) is -0.261. The van der Waals surface area contributed by atoms with Crippen molar-refractivity contribution in [2.75, 3.05) is 0 Å². The van der Waals surface area contributed by atoms with Crippen LogP contribution in [0.25, 0.3) is 0 Å². The molecule has 0 bridgehead atoms. The first-order chi connectivity index (χ1) is 6.63. The number of hydrogen-bond donors (Lipinski definition) is 0. The highest BCUT2D eigenvalue weighted by Crippen LogP contribution is 2.01. The van der Waals surface area contributed by atoms with Crippen LogP contribution in [-0.4, -0.2) is 12.1 Å². The van der Waals surface area contributed by atoms with E-state index in [-0.39, 0.29) is 12.1 Å². The van der Waals surface area contributed by atoms with E-state index >= 15 is 0 Å². The Labute approximate surface area is 84.3 Å². The Morgan fingerprint density at radius 3 is 2.43 bits per heavy atom. The third-order valence-electron chi connectivity index (χ3n) is 1.83. The average Bonchev–Trinajstić information content (AvgIpc) is 2.17. The molecule has 14 heavy (non-hydrogen) atoms. The molecule has 0 saturated carbocycles. The lowest BCUT2D eigenvalue weighted by atomic mass is 10.2. The number of carbonyl (C=O) groups excluding carboxylic acids is 1. The molecule has 0 radical (unpaired) electrons. The molecule has 0 unspecified atom stereocenters. The lowest BCUT2D eigenvalue weighted by Crippen LogP contribution is -2.31. The van der Waals surface area contributed by atoms with Gasteiger partial charge in [0.25, 0.3) is 0 Å². The van der Waals surface area contributed by atoms with Gasteiger partial charge < -0.3 is 4.74 Å². The maximum Gasteiger partial charge on any atom is 0.338 e. The molecule has 0 aliphatic rings. The SMILES string of the molecule is CC[n+]1ccc(C(=O)OC(C)C)cc1. The van der Waals surface area contributed by atoms with E-state index in [9.17, 15) is 4.79 Å². The van der Waals surface area contributed by atoms with Gasteiger partial charge in [-0.25, -0.2) is 9.36 Å². The highest BCUT2D eigenvalue weighted by molar-refractivity contribution is 5.89. The predicted molar refractivity (Wildman–Crippen MR) is 52.9 cm³/mol. The summed E-state index contributed by atoms with van der Waals surface area (Å²) in [6.07, 6.45) is 3.68. The van der Waals surface area contributed by atoms with Gasteiger partial charge in [0.2, 0.25) is 0 Å². The van der Waals surface area contributed by atoms with Crippen molar-refractivity contribution in [2.45, 2.75) is 33.4 Å². The van der Waals surface area contributed by atoms with Crippen LogP contribution in [0, 0.1) is 0 Å². The van der Waals surface area contributed by atoms with Crippen LogP contribution in [0.4, 0.5) is 0 Å². The first-order valence-corrected chi connectivity index (χ1v) is 4.83. The zero-order valence-electron chi connectivity index (χ0n) is 8.86. The molecule has 1 rings (SSSR count). The van der Waals surface area contributed by atoms with Crippen molar-refractivity contribution >= 4 is 5.97 Å². The largest absolute Gasteiger partial charge is 0.459 e. The number of nitrogens with zero attached hydrogens (tertiary/aromatic N) is 1. The molecule has 0 atom stereocenters. The number of carbonyl (C=O) groups is 1. The summed E-state index contributed by atoms with van der Waals surface area (Å²) >= 11 is 0. The van der Waals surface area contributed by atoms with Crippen molar-refractivity contribution in [3.05, 3.63) is 30.1 Å². The fourth-order valence-corrected chi connectivity index (χ4v) is 1.09. The van der Waals surface area contributed by atoms with Gasteiger partial charge in [-0.2, -0.15) is 0 Å². The van der Waals surface area contributed by atoms with E-state index in [0.717, 1.165) is 6.54 Å². The first kappa shape index (κ1) is 10.7. The summed E-state index contributed by atoms with van der Waals surface area (Å²) < 4.78 is 7.05. The number of pyridine rings is 1. The normalized spacial score (nSPS) is 10.3. The third kappa shape index (κ3) is 2.83. The van der Waals surface area contributed by atoms with Crippen LogP contribution < -0.4 is 4.57 Å². The number of ether oxygens (including phenoxy) is 1. The molecule has 0 amide bonds. The van der Waals surface area contributed by atoms with E-state index in [0.29, 0.717) is 5.56 Å². The summed E-state index contributed by atoms with van der Waals surface area (Å²) in [5, 5.41) is 0. The highest BCUT2D eigenvalue weighted by Gasteiger charge is 2.10. The molecule has 3 heteroatoms. The minimum atomic E-state index is -0.261. The molecule has 0 aliphatic carbocycles. The summed E-state index contributed by atoms with van der Waals surface area (Å²) in [6.45, 7) is 6.63. The zero-order chi connectivity index (χ0) is 10.6. The van der Waals surface area contributed by atoms with Crippen LogP contribution in [0.2, 0.25) is 0 Å². The molecule has 0 N–H and O–H groups in total. The fourth-order valence-electron chi connectivity index (χ4n) is 1.09. The average molecular weight is 194 g/mol. The van der Waals surface area contributed by atoms with Crippen LogP contribution in [-0.2, 0) is 11.3 Å². The topological polar surface area (TPSA) is 30.2 Å². The molecular formula is C11H16NO2+. The number of hydrogen-bond acceptors (Lipinski definition) is 2. The van der Waals surface area contributed by atoms with Gasteiger partial charge in [-0.3, -0.25) is 0 Å². The minimum absolute atomic E-state index is 0.0685. The molecule has 0 saturated heterocycles. The van der Waals surface area contributed by atoms with E-state index in [1.165, 1.54) is 0 Å². The number of rotatable bonds is 3. The molecule has 1 heterocycles. The molecule has 0 aliphatic heterocycles. The molecule has 1 aromatic rings. The number of aryl methyl sites for hydroxylation is 1. The first-order valence-electron chi connectivity index (χ1n) is 4.83. The fraction of sp³-hybridized carbons (Fsp3) is 0.455. The minimum Gasteiger partial charge on any atom is -0.459 e. The van der Waals surface area contributed by atoms with Crippen LogP contribution >= 0.6 is 0 Å². The smallest absolute Gasteiger partial charge is 0.338 e. The van der Waals surface area contributed by atoms with Crippen molar-refractivity contribution in [3.8, 4) is 0 Å². The highest BCUT2D eigenvalue weighted by atomic mass is 16.5. The predicted octanol–water partition coefficient (Wildman–Crippen LogP) is 1.56. The van der Waals surface area contributed by atoms with Crippen LogP contribution in [0.15, 0.2) is 24.5 Å². The van der Waals surface area contributed by atoms with Gasteiger partial charge in [-0.1, -0.05) is 0 Å². The molecule has 76 valence electrons. The standard InChI is InChI=1S/C11H16NO2/c1-4-12-7-5-10(6-8-12)11(13)14-9(2)3/h5-9H,4H2,1-3H3/q+1. The van der Waals surface area contributed by atoms with E-state index in [1.54, 1.807) is 12.1 Å². The van der Waals surface area contributed by atoms with Gasteiger partial charge in [-0.15, -0.1) is 0 Å². The van der Waals surface area contributed by atoms with Crippen molar-refractivity contribution in [1.29, 1.82) is 0 Å². The van der Waals surface area contributed by atoms with Crippen molar-refractivity contribution in [3.63, 3.8) is 0 Å². The van der Waals surface area contributed by atoms with E-state index < -0.39 is 0 Å². The molecule has 0 spiro atoms. The molecule has 3 nitrogen and oxygen atoms in total. The Kier molecular flexibility index (Phi) is 3.63. The van der Waals surface area contributed by atoms with Crippen molar-refractivity contribution in [2.24, 2.45) is 0 Å². The Morgan fingerprint density at radius 2 is 2.00 bits per heavy atom. The number of esters is 1. The quantitative estimate of drug-likeness (QED) is 0.540. The summed E-state index contributed by atoms with van der Waals surface area (Å²) in [6, 6.07) is 3.54. The Hall–Kier alpha value is -1.38. The van der Waals surface area contributed by atoms with Gasteiger partial charge in [0.1, 0.15) is 6.54 Å². The molecule has 1 aromatic heterocycles. The van der Waals surface area contributed by atoms with Crippen LogP contribution in [0.3, 0.4) is 0 Å². The maximum atomic E-state index is 11.4. The van der Waals surface area contributed by atoms with Crippen molar-refractivity contribution < 1.29 is 14.1 Å². The van der Waals surface area contributed by atoms with E-state index in [4.69, 9.17) is 4.74 Å². The Balaban J connectivity index is 2.71. The maximum absolute atomic E-state index is 11.4. The van der Waals surface area contributed by atoms with Gasteiger partial charge in [0.05, 0.1) is 11.7 Å². The monoisotopic (exact) mass is 194 g/mol.